The van der Waals surface area contributed by atoms with E-state index < -0.39 is 34.5 Å². The molecule has 0 fully saturated rings. The van der Waals surface area contributed by atoms with Crippen molar-refractivity contribution < 1.29 is 32.3 Å². The first-order valence-electron chi connectivity index (χ1n) is 11.2. The van der Waals surface area contributed by atoms with Gasteiger partial charge in [-0.1, -0.05) is 41.9 Å². The minimum atomic E-state index is -4.03. The number of rotatable bonds is 8. The number of nitrogens with zero attached hydrogens (tertiary/aromatic N) is 1. The van der Waals surface area contributed by atoms with Crippen molar-refractivity contribution in [3.63, 3.8) is 0 Å². The first kappa shape index (κ1) is 26.2. The SMILES string of the molecule is COC(=O)c1ccc(CNC(=O)COC(=O)c2ccc(Cl)c(S(=O)(=O)N3CCc4ccccc43)c2)cc1. The lowest BCUT2D eigenvalue weighted by Crippen LogP contribution is -2.30. The maximum Gasteiger partial charge on any atom is 0.338 e. The number of para-hydroxylation sites is 1. The van der Waals surface area contributed by atoms with Crippen LogP contribution in [-0.2, 0) is 37.3 Å². The third-order valence-electron chi connectivity index (χ3n) is 5.78. The summed E-state index contributed by atoms with van der Waals surface area (Å²) in [6.45, 7) is -0.153. The molecule has 1 aliphatic rings. The Balaban J connectivity index is 1.38. The van der Waals surface area contributed by atoms with Crippen LogP contribution in [0, 0.1) is 0 Å². The third kappa shape index (κ3) is 5.76. The maximum atomic E-state index is 13.4. The number of anilines is 1. The summed E-state index contributed by atoms with van der Waals surface area (Å²) in [5.41, 5.74) is 2.53. The Morgan fingerprint density at radius 1 is 0.973 bits per heavy atom. The van der Waals surface area contributed by atoms with Gasteiger partial charge in [0, 0.05) is 13.1 Å². The minimum Gasteiger partial charge on any atom is -0.465 e. The summed E-state index contributed by atoms with van der Waals surface area (Å²) in [7, 11) is -2.75. The monoisotopic (exact) mass is 542 g/mol. The summed E-state index contributed by atoms with van der Waals surface area (Å²) < 4.78 is 37.7. The molecule has 37 heavy (non-hydrogen) atoms. The average molecular weight is 543 g/mol. The van der Waals surface area contributed by atoms with Crippen LogP contribution in [0.5, 0.6) is 0 Å². The molecule has 0 radical (unpaired) electrons. The molecule has 0 bridgehead atoms. The van der Waals surface area contributed by atoms with Crippen LogP contribution in [0.2, 0.25) is 5.02 Å². The summed E-state index contributed by atoms with van der Waals surface area (Å²) in [6, 6.07) is 17.4. The number of ether oxygens (including phenoxy) is 2. The van der Waals surface area contributed by atoms with Crippen LogP contribution in [0.25, 0.3) is 0 Å². The molecular formula is C26H23ClN2O7S. The van der Waals surface area contributed by atoms with E-state index in [-0.39, 0.29) is 28.6 Å². The van der Waals surface area contributed by atoms with Crippen LogP contribution in [0.15, 0.2) is 71.6 Å². The number of carbonyl (C=O) groups excluding carboxylic acids is 3. The molecular weight excluding hydrogens is 520 g/mol. The van der Waals surface area contributed by atoms with Gasteiger partial charge in [0.1, 0.15) is 4.90 Å². The zero-order chi connectivity index (χ0) is 26.6. The van der Waals surface area contributed by atoms with E-state index in [0.717, 1.165) is 17.2 Å². The summed E-state index contributed by atoms with van der Waals surface area (Å²) in [5, 5.41) is 2.57. The molecule has 1 amide bonds. The summed E-state index contributed by atoms with van der Waals surface area (Å²) in [6.07, 6.45) is 0.569. The molecule has 3 aromatic carbocycles. The number of halogens is 1. The number of sulfonamides is 1. The lowest BCUT2D eigenvalue weighted by Gasteiger charge is -2.20. The highest BCUT2D eigenvalue weighted by Gasteiger charge is 2.32. The lowest BCUT2D eigenvalue weighted by molar-refractivity contribution is -0.124. The van der Waals surface area contributed by atoms with Gasteiger partial charge in [-0.2, -0.15) is 0 Å². The van der Waals surface area contributed by atoms with Gasteiger partial charge in [-0.15, -0.1) is 0 Å². The zero-order valence-corrected chi connectivity index (χ0v) is 21.3. The van der Waals surface area contributed by atoms with Gasteiger partial charge in [0.2, 0.25) is 0 Å². The zero-order valence-electron chi connectivity index (χ0n) is 19.8. The van der Waals surface area contributed by atoms with Crippen molar-refractivity contribution in [2.45, 2.75) is 17.9 Å². The number of benzene rings is 3. The number of hydrogen-bond acceptors (Lipinski definition) is 7. The van der Waals surface area contributed by atoms with E-state index >= 15 is 0 Å². The third-order valence-corrected chi connectivity index (χ3v) is 8.07. The van der Waals surface area contributed by atoms with Crippen molar-refractivity contribution in [3.05, 3.63) is 94.0 Å². The van der Waals surface area contributed by atoms with E-state index in [9.17, 15) is 22.8 Å². The second-order valence-electron chi connectivity index (χ2n) is 8.14. The number of methoxy groups -OCH3 is 1. The predicted octanol–water partition coefficient (Wildman–Crippen LogP) is 3.35. The lowest BCUT2D eigenvalue weighted by atomic mass is 10.1. The highest BCUT2D eigenvalue weighted by atomic mass is 35.5. The number of carbonyl (C=O) groups is 3. The van der Waals surface area contributed by atoms with Gasteiger partial charge in [0.05, 0.1) is 28.9 Å². The first-order valence-corrected chi connectivity index (χ1v) is 13.0. The Hall–Kier alpha value is -3.89. The van der Waals surface area contributed by atoms with Crippen LogP contribution in [0.3, 0.4) is 0 Å². The van der Waals surface area contributed by atoms with Crippen LogP contribution >= 0.6 is 11.6 Å². The highest BCUT2D eigenvalue weighted by molar-refractivity contribution is 7.93. The van der Waals surface area contributed by atoms with Gasteiger partial charge >= 0.3 is 11.9 Å². The first-order chi connectivity index (χ1) is 17.7. The molecule has 0 aliphatic carbocycles. The summed E-state index contributed by atoms with van der Waals surface area (Å²) in [4.78, 5) is 36.0. The fraction of sp³-hybridized carbons (Fsp3) is 0.192. The molecule has 1 N–H and O–H groups in total. The van der Waals surface area contributed by atoms with Crippen molar-refractivity contribution in [1.29, 1.82) is 0 Å². The fourth-order valence-corrected chi connectivity index (χ4v) is 5.85. The van der Waals surface area contributed by atoms with Crippen molar-refractivity contribution >= 4 is 45.2 Å². The van der Waals surface area contributed by atoms with E-state index in [4.69, 9.17) is 16.3 Å². The van der Waals surface area contributed by atoms with Gasteiger partial charge in [-0.05, 0) is 53.9 Å². The van der Waals surface area contributed by atoms with Crippen molar-refractivity contribution in [3.8, 4) is 0 Å². The topological polar surface area (TPSA) is 119 Å². The molecule has 3 aromatic rings. The number of hydrogen-bond donors (Lipinski definition) is 1. The summed E-state index contributed by atoms with van der Waals surface area (Å²) in [5.74, 6) is -1.89. The van der Waals surface area contributed by atoms with Gasteiger partial charge in [-0.25, -0.2) is 18.0 Å². The highest BCUT2D eigenvalue weighted by Crippen LogP contribution is 2.35. The summed E-state index contributed by atoms with van der Waals surface area (Å²) >= 11 is 6.21. The second kappa shape index (κ2) is 11.0. The Bertz CT molecular complexity index is 1460. The molecule has 1 aliphatic heterocycles. The van der Waals surface area contributed by atoms with Gasteiger partial charge in [0.25, 0.3) is 15.9 Å². The number of fused-ring (bicyclic) bond motifs is 1. The van der Waals surface area contributed by atoms with Crippen LogP contribution in [-0.4, -0.2) is 46.5 Å². The largest absolute Gasteiger partial charge is 0.465 e. The van der Waals surface area contributed by atoms with Crippen molar-refractivity contribution in [2.75, 3.05) is 24.6 Å². The molecule has 1 heterocycles. The smallest absolute Gasteiger partial charge is 0.338 e. The number of amides is 1. The number of nitrogens with one attached hydrogen (secondary N) is 1. The fourth-order valence-electron chi connectivity index (χ4n) is 3.85. The molecule has 9 nitrogen and oxygen atoms in total. The van der Waals surface area contributed by atoms with Crippen LogP contribution in [0.1, 0.15) is 31.8 Å². The van der Waals surface area contributed by atoms with Gasteiger partial charge < -0.3 is 14.8 Å². The van der Waals surface area contributed by atoms with Crippen molar-refractivity contribution in [2.24, 2.45) is 0 Å². The molecule has 0 saturated carbocycles. The van der Waals surface area contributed by atoms with E-state index in [2.05, 4.69) is 10.1 Å². The van der Waals surface area contributed by atoms with E-state index in [1.807, 2.05) is 12.1 Å². The van der Waals surface area contributed by atoms with E-state index in [0.29, 0.717) is 17.7 Å². The molecule has 192 valence electrons. The van der Waals surface area contributed by atoms with Gasteiger partial charge in [-0.3, -0.25) is 9.10 Å². The average Bonchev–Trinajstić information content (AvgIpc) is 3.35. The van der Waals surface area contributed by atoms with Crippen LogP contribution in [0.4, 0.5) is 5.69 Å². The van der Waals surface area contributed by atoms with E-state index in [1.54, 1.807) is 36.4 Å². The van der Waals surface area contributed by atoms with Crippen LogP contribution < -0.4 is 9.62 Å². The Morgan fingerprint density at radius 3 is 2.41 bits per heavy atom. The Morgan fingerprint density at radius 2 is 1.68 bits per heavy atom. The number of esters is 2. The minimum absolute atomic E-state index is 0.0307. The van der Waals surface area contributed by atoms with E-state index in [1.165, 1.54) is 23.5 Å². The predicted molar refractivity (Wildman–Crippen MR) is 136 cm³/mol. The Kier molecular flexibility index (Phi) is 7.80. The maximum absolute atomic E-state index is 13.4. The molecule has 0 saturated heterocycles. The standard InChI is InChI=1S/C26H23ClN2O7S/c1-35-25(31)19-8-6-17(7-9-19)15-28-24(30)16-36-26(32)20-10-11-21(27)23(14-20)37(33,34)29-13-12-18-4-2-3-5-22(18)29/h2-11,14H,12-13,15-16H2,1H3,(H,28,30). The van der Waals surface area contributed by atoms with Crippen molar-refractivity contribution in [1.82, 2.24) is 5.32 Å². The second-order valence-corrected chi connectivity index (χ2v) is 10.4. The molecule has 0 spiro atoms. The normalized spacial score (nSPS) is 12.5. The molecule has 0 aromatic heterocycles. The molecule has 11 heteroatoms. The molecule has 0 unspecified atom stereocenters. The quantitative estimate of drug-likeness (QED) is 0.433. The van der Waals surface area contributed by atoms with Gasteiger partial charge in [0.15, 0.2) is 6.61 Å². The molecule has 4 rings (SSSR count). The molecule has 0 atom stereocenters. The Labute approximate surface area is 219 Å².